The monoisotopic (exact) mass is 345 g/mol. The average Bonchev–Trinajstić information content (AvgIpc) is 2.23. The van der Waals surface area contributed by atoms with Crippen molar-refractivity contribution in [2.45, 2.75) is 24.3 Å². The van der Waals surface area contributed by atoms with Crippen LogP contribution in [0.4, 0.5) is 0 Å². The largest absolute Gasteiger partial charge is 0.480 e. The van der Waals surface area contributed by atoms with Gasteiger partial charge in [-0.1, -0.05) is 34.8 Å². The molecule has 19 heavy (non-hydrogen) atoms. The number of benzene rings is 1. The van der Waals surface area contributed by atoms with E-state index in [9.17, 15) is 13.2 Å². The minimum Gasteiger partial charge on any atom is -0.480 e. The van der Waals surface area contributed by atoms with E-state index in [0.717, 1.165) is 6.07 Å². The van der Waals surface area contributed by atoms with Crippen LogP contribution in [-0.2, 0) is 14.8 Å². The Morgan fingerprint density at radius 1 is 1.21 bits per heavy atom. The molecule has 0 fully saturated rings. The molecule has 0 radical (unpaired) electrons. The molecule has 0 spiro atoms. The summed E-state index contributed by atoms with van der Waals surface area (Å²) < 4.78 is 26.2. The lowest BCUT2D eigenvalue weighted by Crippen LogP contribution is -2.49. The van der Waals surface area contributed by atoms with E-state index in [1.54, 1.807) is 0 Å². The lowest BCUT2D eigenvalue weighted by molar-refractivity contribution is -0.142. The Labute approximate surface area is 125 Å². The van der Waals surface area contributed by atoms with Crippen LogP contribution < -0.4 is 4.72 Å². The fourth-order valence-corrected chi connectivity index (χ4v) is 3.50. The number of nitrogens with one attached hydrogen (secondary N) is 1. The fourth-order valence-electron chi connectivity index (χ4n) is 1.15. The first-order valence-electron chi connectivity index (χ1n) is 4.90. The zero-order chi connectivity index (χ0) is 15.0. The molecule has 0 aliphatic carbocycles. The molecule has 0 atom stereocenters. The highest BCUT2D eigenvalue weighted by Crippen LogP contribution is 2.35. The third kappa shape index (κ3) is 3.52. The number of carbonyl (C=O) groups is 1. The van der Waals surface area contributed by atoms with Crippen molar-refractivity contribution >= 4 is 50.8 Å². The van der Waals surface area contributed by atoms with Gasteiger partial charge in [0.1, 0.15) is 10.4 Å². The molecule has 0 amide bonds. The lowest BCUT2D eigenvalue weighted by atomic mass is 10.1. The summed E-state index contributed by atoms with van der Waals surface area (Å²) in [5.74, 6) is -1.33. The van der Waals surface area contributed by atoms with Crippen molar-refractivity contribution in [3.8, 4) is 0 Å². The average molecular weight is 347 g/mol. The second kappa shape index (κ2) is 5.46. The van der Waals surface area contributed by atoms with Crippen LogP contribution in [-0.4, -0.2) is 25.0 Å². The molecular formula is C10H10Cl3NO4S. The summed E-state index contributed by atoms with van der Waals surface area (Å²) >= 11 is 17.3. The number of rotatable bonds is 4. The van der Waals surface area contributed by atoms with E-state index in [1.165, 1.54) is 19.9 Å². The minimum atomic E-state index is -4.14. The Balaban J connectivity index is 3.30. The molecule has 0 heterocycles. The summed E-state index contributed by atoms with van der Waals surface area (Å²) in [6.45, 7) is 2.41. The van der Waals surface area contributed by atoms with Crippen LogP contribution in [0.2, 0.25) is 15.1 Å². The van der Waals surface area contributed by atoms with E-state index in [0.29, 0.717) is 0 Å². The second-order valence-corrected chi connectivity index (χ2v) is 7.02. The van der Waals surface area contributed by atoms with Crippen molar-refractivity contribution in [2.24, 2.45) is 0 Å². The van der Waals surface area contributed by atoms with E-state index < -0.39 is 21.5 Å². The zero-order valence-corrected chi connectivity index (χ0v) is 13.0. The number of halogens is 3. The first-order chi connectivity index (χ1) is 8.49. The number of aliphatic carboxylic acids is 1. The van der Waals surface area contributed by atoms with Crippen LogP contribution in [0.3, 0.4) is 0 Å². The van der Waals surface area contributed by atoms with Gasteiger partial charge < -0.3 is 5.11 Å². The van der Waals surface area contributed by atoms with E-state index in [-0.39, 0.29) is 20.0 Å². The van der Waals surface area contributed by atoms with Gasteiger partial charge in [0.05, 0.1) is 15.1 Å². The van der Waals surface area contributed by atoms with Crippen LogP contribution in [0, 0.1) is 0 Å². The summed E-state index contributed by atoms with van der Waals surface area (Å²) in [6, 6.07) is 2.41. The Morgan fingerprint density at radius 3 is 2.21 bits per heavy atom. The third-order valence-electron chi connectivity index (χ3n) is 2.21. The summed E-state index contributed by atoms with van der Waals surface area (Å²) in [6.07, 6.45) is 0. The van der Waals surface area contributed by atoms with Crippen LogP contribution in [0.1, 0.15) is 13.8 Å². The van der Waals surface area contributed by atoms with Crippen LogP contribution in [0.25, 0.3) is 0 Å². The molecular weight excluding hydrogens is 337 g/mol. The van der Waals surface area contributed by atoms with Crippen LogP contribution in [0.15, 0.2) is 17.0 Å². The van der Waals surface area contributed by atoms with E-state index >= 15 is 0 Å². The Morgan fingerprint density at radius 2 is 1.74 bits per heavy atom. The highest BCUT2D eigenvalue weighted by molar-refractivity contribution is 7.89. The molecule has 5 nitrogen and oxygen atoms in total. The fraction of sp³-hybridized carbons (Fsp3) is 0.300. The van der Waals surface area contributed by atoms with E-state index in [2.05, 4.69) is 0 Å². The quantitative estimate of drug-likeness (QED) is 0.821. The van der Waals surface area contributed by atoms with Gasteiger partial charge in [0.2, 0.25) is 10.0 Å². The van der Waals surface area contributed by atoms with Gasteiger partial charge in [-0.15, -0.1) is 0 Å². The summed E-state index contributed by atoms with van der Waals surface area (Å²) in [5.41, 5.74) is -1.69. The van der Waals surface area contributed by atoms with E-state index in [4.69, 9.17) is 39.9 Å². The number of hydrogen-bond acceptors (Lipinski definition) is 3. The van der Waals surface area contributed by atoms with Crippen molar-refractivity contribution in [1.82, 2.24) is 4.72 Å². The van der Waals surface area contributed by atoms with Gasteiger partial charge in [-0.05, 0) is 26.0 Å². The topological polar surface area (TPSA) is 83.5 Å². The van der Waals surface area contributed by atoms with Crippen molar-refractivity contribution in [2.75, 3.05) is 0 Å². The van der Waals surface area contributed by atoms with Gasteiger partial charge >= 0.3 is 5.97 Å². The molecule has 2 N–H and O–H groups in total. The van der Waals surface area contributed by atoms with Crippen LogP contribution in [0.5, 0.6) is 0 Å². The highest BCUT2D eigenvalue weighted by Gasteiger charge is 2.34. The Hall–Kier alpha value is -0.530. The summed E-state index contributed by atoms with van der Waals surface area (Å²) in [4.78, 5) is 10.6. The van der Waals surface area contributed by atoms with Crippen molar-refractivity contribution in [1.29, 1.82) is 0 Å². The Kier molecular flexibility index (Phi) is 4.75. The smallest absolute Gasteiger partial charge is 0.324 e. The first kappa shape index (κ1) is 16.5. The van der Waals surface area contributed by atoms with Gasteiger partial charge in [-0.3, -0.25) is 4.79 Å². The zero-order valence-electron chi connectivity index (χ0n) is 9.87. The maximum absolute atomic E-state index is 12.1. The number of hydrogen-bond donors (Lipinski definition) is 2. The van der Waals surface area contributed by atoms with Crippen molar-refractivity contribution in [3.63, 3.8) is 0 Å². The molecule has 0 aromatic heterocycles. The molecule has 0 unspecified atom stereocenters. The summed E-state index contributed by atoms with van der Waals surface area (Å²) in [5, 5.41) is 8.64. The second-order valence-electron chi connectivity index (χ2n) is 4.21. The molecule has 0 aliphatic rings. The first-order valence-corrected chi connectivity index (χ1v) is 7.51. The predicted octanol–water partition coefficient (Wildman–Crippen LogP) is 2.79. The maximum atomic E-state index is 12.1. The maximum Gasteiger partial charge on any atom is 0.324 e. The SMILES string of the molecule is CC(C)(NS(=O)(=O)c1ccc(Cl)c(Cl)c1Cl)C(=O)O. The number of sulfonamides is 1. The molecule has 1 rings (SSSR count). The standard InChI is InChI=1S/C10H10Cl3NO4S/c1-10(2,9(15)16)14-19(17,18)6-4-3-5(11)7(12)8(6)13/h3-4,14H,1-2H3,(H,15,16). The molecule has 106 valence electrons. The van der Waals surface area contributed by atoms with Gasteiger partial charge in [0.15, 0.2) is 0 Å². The lowest BCUT2D eigenvalue weighted by Gasteiger charge is -2.21. The molecule has 1 aromatic rings. The summed E-state index contributed by atoms with van der Waals surface area (Å²) in [7, 11) is -4.14. The number of carboxylic acid groups (broad SMARTS) is 1. The number of carboxylic acids is 1. The molecule has 0 bridgehead atoms. The molecule has 0 saturated carbocycles. The normalized spacial score (nSPS) is 12.5. The minimum absolute atomic E-state index is 0.100. The van der Waals surface area contributed by atoms with Gasteiger partial charge in [-0.25, -0.2) is 8.42 Å². The molecule has 9 heteroatoms. The third-order valence-corrected chi connectivity index (χ3v) is 5.32. The van der Waals surface area contributed by atoms with E-state index in [1.807, 2.05) is 4.72 Å². The molecule has 0 aliphatic heterocycles. The molecule has 0 saturated heterocycles. The van der Waals surface area contributed by atoms with Crippen molar-refractivity contribution in [3.05, 3.63) is 27.2 Å². The van der Waals surface area contributed by atoms with Crippen LogP contribution >= 0.6 is 34.8 Å². The van der Waals surface area contributed by atoms with Gasteiger partial charge in [-0.2, -0.15) is 4.72 Å². The Bertz CT molecular complexity index is 628. The predicted molar refractivity (Wildman–Crippen MR) is 73.5 cm³/mol. The van der Waals surface area contributed by atoms with Gasteiger partial charge in [0, 0.05) is 0 Å². The highest BCUT2D eigenvalue weighted by atomic mass is 35.5. The van der Waals surface area contributed by atoms with Gasteiger partial charge in [0.25, 0.3) is 0 Å². The van der Waals surface area contributed by atoms with Crippen molar-refractivity contribution < 1.29 is 18.3 Å². The molecule has 1 aromatic carbocycles.